The number of aromatic nitrogens is 1. The van der Waals surface area contributed by atoms with Crippen molar-refractivity contribution in [3.05, 3.63) is 53.1 Å². The molecule has 1 N–H and O–H groups in total. The summed E-state index contributed by atoms with van der Waals surface area (Å²) in [6, 6.07) is 12.3. The Bertz CT molecular complexity index is 1100. The number of carbonyl (C=O) groups is 1. The summed E-state index contributed by atoms with van der Waals surface area (Å²) in [4.78, 5) is 17.5. The van der Waals surface area contributed by atoms with Crippen LogP contribution < -0.4 is 5.32 Å². The molecule has 4 fully saturated rings. The van der Waals surface area contributed by atoms with E-state index in [2.05, 4.69) is 48.4 Å². The normalized spacial score (nSPS) is 28.4. The van der Waals surface area contributed by atoms with Crippen LogP contribution in [-0.2, 0) is 11.3 Å². The van der Waals surface area contributed by atoms with Crippen LogP contribution in [0.3, 0.4) is 0 Å². The van der Waals surface area contributed by atoms with E-state index in [1.165, 1.54) is 49.7 Å². The molecule has 0 aliphatic heterocycles. The lowest BCUT2D eigenvalue weighted by Crippen LogP contribution is -2.47. The van der Waals surface area contributed by atoms with Gasteiger partial charge < -0.3 is 9.73 Å². The van der Waals surface area contributed by atoms with Gasteiger partial charge in [-0.1, -0.05) is 12.1 Å². The second-order valence-corrected chi connectivity index (χ2v) is 11.0. The maximum atomic E-state index is 12.8. The smallest absolute Gasteiger partial charge is 0.227 e. The van der Waals surface area contributed by atoms with E-state index in [-0.39, 0.29) is 5.91 Å². The van der Waals surface area contributed by atoms with Gasteiger partial charge in [0.2, 0.25) is 11.8 Å². The van der Waals surface area contributed by atoms with Gasteiger partial charge in [-0.15, -0.1) is 0 Å². The molecule has 1 amide bonds. The molecule has 4 heteroatoms. The first-order valence-corrected chi connectivity index (χ1v) is 12.2. The second kappa shape index (κ2) is 7.47. The Morgan fingerprint density at radius 2 is 1.62 bits per heavy atom. The molecule has 1 aromatic heterocycles. The van der Waals surface area contributed by atoms with Crippen LogP contribution in [0.2, 0.25) is 0 Å². The highest BCUT2D eigenvalue weighted by Gasteiger charge is 2.51. The van der Waals surface area contributed by atoms with Gasteiger partial charge in [-0.2, -0.15) is 0 Å². The molecule has 0 atom stereocenters. The third-order valence-corrected chi connectivity index (χ3v) is 8.40. The second-order valence-electron chi connectivity index (χ2n) is 11.0. The molecule has 0 unspecified atom stereocenters. The van der Waals surface area contributed by atoms with Crippen LogP contribution in [0.5, 0.6) is 0 Å². The van der Waals surface area contributed by atoms with Crippen molar-refractivity contribution < 1.29 is 9.21 Å². The van der Waals surface area contributed by atoms with Gasteiger partial charge in [0.1, 0.15) is 5.52 Å². The van der Waals surface area contributed by atoms with Crippen molar-refractivity contribution in [2.45, 2.75) is 65.3 Å². The van der Waals surface area contributed by atoms with E-state index in [1.54, 1.807) is 0 Å². The van der Waals surface area contributed by atoms with Crippen molar-refractivity contribution in [2.24, 2.45) is 23.2 Å². The molecule has 166 valence electrons. The fraction of sp³-hybridized carbons (Fsp3) is 0.500. The highest BCUT2D eigenvalue weighted by atomic mass is 16.3. The highest BCUT2D eigenvalue weighted by Crippen LogP contribution is 2.61. The average molecular weight is 429 g/mol. The van der Waals surface area contributed by atoms with Crippen LogP contribution in [0.1, 0.15) is 61.6 Å². The molecule has 2 aromatic carbocycles. The van der Waals surface area contributed by atoms with E-state index in [0.29, 0.717) is 17.9 Å². The van der Waals surface area contributed by atoms with E-state index in [4.69, 9.17) is 4.42 Å². The molecule has 4 saturated carbocycles. The minimum absolute atomic E-state index is 0.223. The summed E-state index contributed by atoms with van der Waals surface area (Å²) in [6.07, 6.45) is 8.84. The summed E-state index contributed by atoms with van der Waals surface area (Å²) in [5.74, 6) is 3.53. The zero-order valence-corrected chi connectivity index (χ0v) is 19.1. The number of carbonyl (C=O) groups excluding carboxylic acids is 1. The van der Waals surface area contributed by atoms with E-state index in [1.807, 2.05) is 12.1 Å². The van der Waals surface area contributed by atoms with E-state index >= 15 is 0 Å². The first-order chi connectivity index (χ1) is 15.4. The first kappa shape index (κ1) is 20.0. The number of fused-ring (bicyclic) bond motifs is 1. The van der Waals surface area contributed by atoms with Gasteiger partial charge in [-0.25, -0.2) is 4.98 Å². The Morgan fingerprint density at radius 1 is 1.00 bits per heavy atom. The van der Waals surface area contributed by atoms with Crippen LogP contribution in [0.25, 0.3) is 22.6 Å². The Kier molecular flexibility index (Phi) is 4.67. The molecule has 1 heterocycles. The Hall–Kier alpha value is -2.62. The van der Waals surface area contributed by atoms with Crippen LogP contribution in [-0.4, -0.2) is 10.9 Å². The third-order valence-electron chi connectivity index (χ3n) is 8.40. The van der Waals surface area contributed by atoms with Crippen molar-refractivity contribution in [1.82, 2.24) is 10.3 Å². The SMILES string of the molecule is Cc1cc2nc(-c3ccc(CNC(=O)CC45CC6CC(CC(C6)C4)C5)cc3)oc2cc1C. The highest BCUT2D eigenvalue weighted by molar-refractivity contribution is 5.78. The standard InChI is InChI=1S/C28H32N2O2/c1-17-7-24-25(8-18(17)2)32-27(30-24)23-5-3-19(4-6-23)16-29-26(31)15-28-12-20-9-21(13-28)11-22(10-20)14-28/h3-8,20-22H,9-16H2,1-2H3,(H,29,31). The minimum Gasteiger partial charge on any atom is -0.436 e. The van der Waals surface area contributed by atoms with Crippen molar-refractivity contribution in [1.29, 1.82) is 0 Å². The van der Waals surface area contributed by atoms with E-state index in [9.17, 15) is 4.79 Å². The van der Waals surface area contributed by atoms with E-state index < -0.39 is 0 Å². The van der Waals surface area contributed by atoms with Crippen molar-refractivity contribution in [3.8, 4) is 11.5 Å². The quantitative estimate of drug-likeness (QED) is 0.516. The molecule has 4 bridgehead atoms. The van der Waals surface area contributed by atoms with Gasteiger partial charge in [-0.05, 0) is 116 Å². The lowest BCUT2D eigenvalue weighted by Gasteiger charge is -2.56. The summed E-state index contributed by atoms with van der Waals surface area (Å²) in [7, 11) is 0. The zero-order valence-electron chi connectivity index (χ0n) is 19.1. The number of nitrogens with one attached hydrogen (secondary N) is 1. The number of benzene rings is 2. The fourth-order valence-electron chi connectivity index (χ4n) is 7.18. The van der Waals surface area contributed by atoms with Crippen molar-refractivity contribution in [2.75, 3.05) is 0 Å². The molecule has 0 saturated heterocycles. The largest absolute Gasteiger partial charge is 0.436 e. The summed E-state index contributed by atoms with van der Waals surface area (Å²) >= 11 is 0. The number of hydrogen-bond donors (Lipinski definition) is 1. The molecule has 0 spiro atoms. The number of nitrogens with zero attached hydrogens (tertiary/aromatic N) is 1. The molecule has 4 aliphatic rings. The monoisotopic (exact) mass is 428 g/mol. The molecular weight excluding hydrogens is 396 g/mol. The minimum atomic E-state index is 0.223. The predicted octanol–water partition coefficient (Wildman–Crippen LogP) is 6.33. The maximum absolute atomic E-state index is 12.8. The zero-order chi connectivity index (χ0) is 21.9. The summed E-state index contributed by atoms with van der Waals surface area (Å²) < 4.78 is 5.98. The van der Waals surface area contributed by atoms with E-state index in [0.717, 1.165) is 46.4 Å². The van der Waals surface area contributed by atoms with Gasteiger partial charge in [0.25, 0.3) is 0 Å². The van der Waals surface area contributed by atoms with Crippen LogP contribution in [0, 0.1) is 37.0 Å². The number of aryl methyl sites for hydroxylation is 2. The first-order valence-electron chi connectivity index (χ1n) is 12.2. The van der Waals surface area contributed by atoms with Crippen molar-refractivity contribution in [3.63, 3.8) is 0 Å². The summed E-state index contributed by atoms with van der Waals surface area (Å²) in [5, 5.41) is 3.19. The molecule has 0 radical (unpaired) electrons. The number of oxazole rings is 1. The predicted molar refractivity (Wildman–Crippen MR) is 126 cm³/mol. The lowest BCUT2D eigenvalue weighted by molar-refractivity contribution is -0.129. The summed E-state index contributed by atoms with van der Waals surface area (Å²) in [5.41, 5.74) is 6.51. The van der Waals surface area contributed by atoms with Gasteiger partial charge in [0.15, 0.2) is 5.58 Å². The van der Waals surface area contributed by atoms with Gasteiger partial charge in [0, 0.05) is 18.5 Å². The molecule has 3 aromatic rings. The van der Waals surface area contributed by atoms with Crippen LogP contribution in [0.4, 0.5) is 0 Å². The van der Waals surface area contributed by atoms with Crippen LogP contribution >= 0.6 is 0 Å². The Morgan fingerprint density at radius 3 is 2.28 bits per heavy atom. The molecule has 4 aliphatic carbocycles. The number of hydrogen-bond acceptors (Lipinski definition) is 3. The molecule has 32 heavy (non-hydrogen) atoms. The fourth-order valence-corrected chi connectivity index (χ4v) is 7.18. The molecule has 7 rings (SSSR count). The number of rotatable bonds is 5. The average Bonchev–Trinajstić information content (AvgIpc) is 3.14. The van der Waals surface area contributed by atoms with Gasteiger partial charge in [0.05, 0.1) is 0 Å². The molecular formula is C28H32N2O2. The van der Waals surface area contributed by atoms with Gasteiger partial charge in [-0.3, -0.25) is 4.79 Å². The van der Waals surface area contributed by atoms with Gasteiger partial charge >= 0.3 is 0 Å². The third kappa shape index (κ3) is 3.64. The Labute approximate surface area is 189 Å². The maximum Gasteiger partial charge on any atom is 0.227 e. The lowest BCUT2D eigenvalue weighted by atomic mass is 9.49. The van der Waals surface area contributed by atoms with Crippen LogP contribution in [0.15, 0.2) is 40.8 Å². The topological polar surface area (TPSA) is 55.1 Å². The number of amides is 1. The molecule has 4 nitrogen and oxygen atoms in total. The van der Waals surface area contributed by atoms with Crippen molar-refractivity contribution >= 4 is 17.0 Å². The summed E-state index contributed by atoms with van der Waals surface area (Å²) in [6.45, 7) is 4.76. The Balaban J connectivity index is 1.09.